The largest absolute Gasteiger partial charge is 0.489 e. The van der Waals surface area contributed by atoms with Crippen LogP contribution in [0.1, 0.15) is 16.8 Å². The van der Waals surface area contributed by atoms with Gasteiger partial charge in [-0.05, 0) is 18.6 Å². The van der Waals surface area contributed by atoms with Crippen LogP contribution in [0.15, 0.2) is 36.9 Å². The Hall–Kier alpha value is -2.34. The molecule has 6 heteroatoms. The highest BCUT2D eigenvalue weighted by atomic mass is 16.5. The van der Waals surface area contributed by atoms with Gasteiger partial charge in [0.05, 0.1) is 12.2 Å². The van der Waals surface area contributed by atoms with Crippen molar-refractivity contribution in [2.45, 2.75) is 6.42 Å². The summed E-state index contributed by atoms with van der Waals surface area (Å²) in [6.45, 7) is 4.48. The third kappa shape index (κ3) is 3.53. The molecule has 1 unspecified atom stereocenters. The van der Waals surface area contributed by atoms with Crippen molar-refractivity contribution in [3.63, 3.8) is 0 Å². The molecule has 0 aromatic heterocycles. The van der Waals surface area contributed by atoms with Crippen LogP contribution in [0.5, 0.6) is 5.75 Å². The van der Waals surface area contributed by atoms with Crippen LogP contribution in [0, 0.1) is 5.41 Å². The van der Waals surface area contributed by atoms with Crippen molar-refractivity contribution in [2.75, 3.05) is 33.4 Å². The maximum absolute atomic E-state index is 12.7. The average Bonchev–Trinajstić information content (AvgIpc) is 2.98. The lowest BCUT2D eigenvalue weighted by Gasteiger charge is -2.24. The van der Waals surface area contributed by atoms with Gasteiger partial charge in [-0.1, -0.05) is 24.8 Å². The first-order valence-corrected chi connectivity index (χ1v) is 7.38. The van der Waals surface area contributed by atoms with E-state index in [1.807, 2.05) is 0 Å². The van der Waals surface area contributed by atoms with Crippen LogP contribution in [0.25, 0.3) is 0 Å². The summed E-state index contributed by atoms with van der Waals surface area (Å²) in [6, 6.07) is 6.93. The number of amides is 1. The number of hydrogen-bond acceptors (Lipinski definition) is 4. The van der Waals surface area contributed by atoms with E-state index in [1.54, 1.807) is 35.2 Å². The molecule has 0 saturated carbocycles. The average molecular weight is 319 g/mol. The normalized spacial score (nSPS) is 20.3. The Balaban J connectivity index is 2.19. The summed E-state index contributed by atoms with van der Waals surface area (Å²) in [6.07, 6.45) is 1.97. The molecule has 1 aromatic carbocycles. The number of ether oxygens (including phenoxy) is 2. The number of hydrogen-bond donors (Lipinski definition) is 1. The number of carbonyl (C=O) groups excluding carboxylic acids is 1. The van der Waals surface area contributed by atoms with Gasteiger partial charge in [-0.15, -0.1) is 0 Å². The van der Waals surface area contributed by atoms with Gasteiger partial charge in [0.15, 0.2) is 0 Å². The molecule has 23 heavy (non-hydrogen) atoms. The quantitative estimate of drug-likeness (QED) is 0.776. The van der Waals surface area contributed by atoms with E-state index >= 15 is 0 Å². The Bertz CT molecular complexity index is 600. The number of rotatable bonds is 7. The van der Waals surface area contributed by atoms with E-state index in [2.05, 4.69) is 6.58 Å². The lowest BCUT2D eigenvalue weighted by Crippen LogP contribution is -2.40. The Labute approximate surface area is 135 Å². The highest BCUT2D eigenvalue weighted by Gasteiger charge is 2.46. The van der Waals surface area contributed by atoms with Crippen molar-refractivity contribution in [3.8, 4) is 5.75 Å². The highest BCUT2D eigenvalue weighted by Crippen LogP contribution is 2.33. The topological polar surface area (TPSA) is 76.1 Å². The van der Waals surface area contributed by atoms with Crippen molar-refractivity contribution in [1.82, 2.24) is 4.90 Å². The molecule has 0 aliphatic carbocycles. The molecule has 1 aliphatic heterocycles. The molecule has 1 fully saturated rings. The van der Waals surface area contributed by atoms with Gasteiger partial charge in [0.25, 0.3) is 5.91 Å². The molecule has 1 aromatic rings. The van der Waals surface area contributed by atoms with E-state index in [9.17, 15) is 14.7 Å². The van der Waals surface area contributed by atoms with Crippen LogP contribution in [-0.4, -0.2) is 55.3 Å². The van der Waals surface area contributed by atoms with E-state index in [4.69, 9.17) is 9.47 Å². The van der Waals surface area contributed by atoms with Crippen LogP contribution in [0.2, 0.25) is 0 Å². The van der Waals surface area contributed by atoms with Gasteiger partial charge in [-0.2, -0.15) is 0 Å². The van der Waals surface area contributed by atoms with Crippen molar-refractivity contribution in [1.29, 1.82) is 0 Å². The smallest absolute Gasteiger partial charge is 0.313 e. The molecule has 1 heterocycles. The van der Waals surface area contributed by atoms with Crippen molar-refractivity contribution < 1.29 is 24.2 Å². The molecular formula is C17H21NO5. The van der Waals surface area contributed by atoms with Crippen molar-refractivity contribution in [2.24, 2.45) is 5.41 Å². The number of nitrogens with zero attached hydrogens (tertiary/aromatic N) is 1. The first-order valence-electron chi connectivity index (χ1n) is 7.38. The monoisotopic (exact) mass is 319 g/mol. The minimum atomic E-state index is -1.04. The second kappa shape index (κ2) is 7.28. The molecule has 2 rings (SSSR count). The molecule has 1 atom stereocenters. The molecule has 1 aliphatic rings. The summed E-state index contributed by atoms with van der Waals surface area (Å²) in [5.74, 6) is -0.702. The molecule has 124 valence electrons. The van der Waals surface area contributed by atoms with E-state index in [-0.39, 0.29) is 19.1 Å². The van der Waals surface area contributed by atoms with Gasteiger partial charge in [0, 0.05) is 20.2 Å². The standard InChI is InChI=1S/C17H21NO5/c1-3-10-23-14-7-5-4-6-13(14)15(19)18-9-8-17(11-18,12-22-2)16(20)21/h3-7H,1,8-12H2,2H3,(H,20,21). The van der Waals surface area contributed by atoms with Crippen LogP contribution in [0.3, 0.4) is 0 Å². The Morgan fingerprint density at radius 1 is 1.43 bits per heavy atom. The summed E-state index contributed by atoms with van der Waals surface area (Å²) in [5, 5.41) is 9.48. The fraction of sp³-hybridized carbons (Fsp3) is 0.412. The molecule has 0 bridgehead atoms. The van der Waals surface area contributed by atoms with Gasteiger partial charge in [0.2, 0.25) is 0 Å². The van der Waals surface area contributed by atoms with Crippen LogP contribution in [-0.2, 0) is 9.53 Å². The number of carboxylic acid groups (broad SMARTS) is 1. The summed E-state index contributed by atoms with van der Waals surface area (Å²) >= 11 is 0. The molecule has 1 saturated heterocycles. The van der Waals surface area contributed by atoms with Crippen molar-refractivity contribution >= 4 is 11.9 Å². The number of benzene rings is 1. The Morgan fingerprint density at radius 3 is 2.83 bits per heavy atom. The predicted octanol–water partition coefficient (Wildman–Crippen LogP) is 1.81. The number of carbonyl (C=O) groups is 2. The maximum atomic E-state index is 12.7. The molecular weight excluding hydrogens is 298 g/mol. The van der Waals surface area contributed by atoms with Crippen LogP contribution < -0.4 is 4.74 Å². The number of carboxylic acids is 1. The minimum Gasteiger partial charge on any atom is -0.489 e. The fourth-order valence-corrected chi connectivity index (χ4v) is 2.76. The third-order valence-electron chi connectivity index (χ3n) is 3.99. The highest BCUT2D eigenvalue weighted by molar-refractivity contribution is 5.97. The number of methoxy groups -OCH3 is 1. The second-order valence-electron chi connectivity index (χ2n) is 5.59. The van der Waals surface area contributed by atoms with Gasteiger partial charge in [-0.3, -0.25) is 9.59 Å². The summed E-state index contributed by atoms with van der Waals surface area (Å²) in [4.78, 5) is 25.8. The van der Waals surface area contributed by atoms with Gasteiger partial charge < -0.3 is 19.5 Å². The summed E-state index contributed by atoms with van der Waals surface area (Å²) in [7, 11) is 1.47. The Morgan fingerprint density at radius 2 is 2.17 bits per heavy atom. The summed E-state index contributed by atoms with van der Waals surface area (Å²) in [5.41, 5.74) is -0.616. The molecule has 1 amide bonds. The molecule has 6 nitrogen and oxygen atoms in total. The lowest BCUT2D eigenvalue weighted by molar-refractivity contribution is -0.151. The van der Waals surface area contributed by atoms with Crippen molar-refractivity contribution in [3.05, 3.63) is 42.5 Å². The van der Waals surface area contributed by atoms with Gasteiger partial charge >= 0.3 is 5.97 Å². The summed E-state index contributed by atoms with van der Waals surface area (Å²) < 4.78 is 10.6. The van der Waals surface area contributed by atoms with E-state index < -0.39 is 11.4 Å². The van der Waals surface area contributed by atoms with Crippen LogP contribution in [0.4, 0.5) is 0 Å². The Kier molecular flexibility index (Phi) is 5.39. The fourth-order valence-electron chi connectivity index (χ4n) is 2.76. The zero-order valence-corrected chi connectivity index (χ0v) is 13.2. The van der Waals surface area contributed by atoms with Gasteiger partial charge in [-0.25, -0.2) is 0 Å². The van der Waals surface area contributed by atoms with E-state index in [0.29, 0.717) is 30.9 Å². The number of likely N-dealkylation sites (tertiary alicyclic amines) is 1. The third-order valence-corrected chi connectivity index (χ3v) is 3.99. The van der Waals surface area contributed by atoms with E-state index in [0.717, 1.165) is 0 Å². The zero-order valence-electron chi connectivity index (χ0n) is 13.2. The predicted molar refractivity (Wildman–Crippen MR) is 84.6 cm³/mol. The first-order chi connectivity index (χ1) is 11.0. The second-order valence-corrected chi connectivity index (χ2v) is 5.59. The van der Waals surface area contributed by atoms with Crippen LogP contribution >= 0.6 is 0 Å². The SMILES string of the molecule is C=CCOc1ccccc1C(=O)N1CCC(COC)(C(=O)O)C1. The molecule has 0 radical (unpaired) electrons. The zero-order chi connectivity index (χ0) is 16.9. The first kappa shape index (κ1) is 17.0. The molecule has 1 N–H and O–H groups in total. The lowest BCUT2D eigenvalue weighted by atomic mass is 9.88. The molecule has 0 spiro atoms. The number of para-hydroxylation sites is 1. The number of aliphatic carboxylic acids is 1. The van der Waals surface area contributed by atoms with E-state index in [1.165, 1.54) is 7.11 Å². The minimum absolute atomic E-state index is 0.0841. The van der Waals surface area contributed by atoms with Gasteiger partial charge in [0.1, 0.15) is 17.8 Å². The maximum Gasteiger partial charge on any atom is 0.313 e.